The van der Waals surface area contributed by atoms with Crippen LogP contribution < -0.4 is 15.4 Å². The lowest BCUT2D eigenvalue weighted by molar-refractivity contribution is -0.122. The molecule has 6 nitrogen and oxygen atoms in total. The van der Waals surface area contributed by atoms with Crippen LogP contribution in [0.25, 0.3) is 0 Å². The highest BCUT2D eigenvalue weighted by Gasteiger charge is 2.26. The standard InChI is InChI=1S/C13H14N4O2/c1-8-6-12(17-16-8)15-13(18)11-7-14-9-4-2-3-5-10(9)19-11/h2-6,11,14H,7H2,1H3,(H2,15,16,17,18). The second-order valence-electron chi connectivity index (χ2n) is 4.41. The predicted molar refractivity (Wildman–Crippen MR) is 71.3 cm³/mol. The van der Waals surface area contributed by atoms with Crippen molar-refractivity contribution in [2.24, 2.45) is 0 Å². The van der Waals surface area contributed by atoms with Crippen LogP contribution in [0.15, 0.2) is 30.3 Å². The number of aromatic amines is 1. The Bertz CT molecular complexity index is 608. The molecule has 6 heteroatoms. The third-order valence-corrected chi connectivity index (χ3v) is 2.88. The molecule has 1 atom stereocenters. The number of carbonyl (C=O) groups is 1. The van der Waals surface area contributed by atoms with E-state index < -0.39 is 6.10 Å². The van der Waals surface area contributed by atoms with Crippen molar-refractivity contribution in [1.29, 1.82) is 0 Å². The highest BCUT2D eigenvalue weighted by molar-refractivity contribution is 5.94. The highest BCUT2D eigenvalue weighted by Crippen LogP contribution is 2.28. The Kier molecular flexibility index (Phi) is 2.83. The zero-order valence-electron chi connectivity index (χ0n) is 10.4. The SMILES string of the molecule is Cc1cc(NC(=O)C2CNc3ccccc3O2)n[nH]1. The average Bonchev–Trinajstić information content (AvgIpc) is 2.83. The predicted octanol–water partition coefficient (Wildman–Crippen LogP) is 1.53. The van der Waals surface area contributed by atoms with Gasteiger partial charge in [0.1, 0.15) is 5.75 Å². The molecule has 0 spiro atoms. The molecule has 0 saturated heterocycles. The van der Waals surface area contributed by atoms with Gasteiger partial charge in [-0.2, -0.15) is 5.10 Å². The van der Waals surface area contributed by atoms with Crippen LogP contribution in [0, 0.1) is 6.92 Å². The van der Waals surface area contributed by atoms with Gasteiger partial charge in [-0.25, -0.2) is 0 Å². The van der Waals surface area contributed by atoms with Crippen molar-refractivity contribution in [3.8, 4) is 5.75 Å². The number of nitrogens with zero attached hydrogens (tertiary/aromatic N) is 1. The zero-order chi connectivity index (χ0) is 13.2. The van der Waals surface area contributed by atoms with Gasteiger partial charge in [0.25, 0.3) is 5.91 Å². The summed E-state index contributed by atoms with van der Waals surface area (Å²) in [6.45, 7) is 2.31. The van der Waals surface area contributed by atoms with E-state index in [1.807, 2.05) is 31.2 Å². The number of aryl methyl sites for hydroxylation is 1. The van der Waals surface area contributed by atoms with Gasteiger partial charge >= 0.3 is 0 Å². The number of carbonyl (C=O) groups excluding carboxylic acids is 1. The first kappa shape index (κ1) is 11.6. The molecule has 0 bridgehead atoms. The number of nitrogens with one attached hydrogen (secondary N) is 3. The normalized spacial score (nSPS) is 17.0. The van der Waals surface area contributed by atoms with Crippen LogP contribution in [0.4, 0.5) is 11.5 Å². The molecule has 0 radical (unpaired) electrons. The van der Waals surface area contributed by atoms with Crippen LogP contribution >= 0.6 is 0 Å². The number of fused-ring (bicyclic) bond motifs is 1. The van der Waals surface area contributed by atoms with Gasteiger partial charge in [-0.3, -0.25) is 9.89 Å². The number of hydrogen-bond donors (Lipinski definition) is 3. The van der Waals surface area contributed by atoms with Crippen LogP contribution in [0.3, 0.4) is 0 Å². The van der Waals surface area contributed by atoms with E-state index in [0.717, 1.165) is 11.4 Å². The molecule has 1 aliphatic rings. The van der Waals surface area contributed by atoms with E-state index in [-0.39, 0.29) is 5.91 Å². The highest BCUT2D eigenvalue weighted by atomic mass is 16.5. The summed E-state index contributed by atoms with van der Waals surface area (Å²) in [4.78, 5) is 12.1. The first-order chi connectivity index (χ1) is 9.22. The molecule has 3 rings (SSSR count). The number of rotatable bonds is 2. The maximum absolute atomic E-state index is 12.1. The molecule has 0 aliphatic carbocycles. The van der Waals surface area contributed by atoms with Crippen LogP contribution in [0.5, 0.6) is 5.75 Å². The monoisotopic (exact) mass is 258 g/mol. The summed E-state index contributed by atoms with van der Waals surface area (Å²) < 4.78 is 5.66. The van der Waals surface area contributed by atoms with E-state index in [9.17, 15) is 4.79 Å². The molecule has 2 aromatic rings. The molecular formula is C13H14N4O2. The third kappa shape index (κ3) is 2.37. The minimum Gasteiger partial charge on any atom is -0.477 e. The fourth-order valence-electron chi connectivity index (χ4n) is 1.95. The van der Waals surface area contributed by atoms with Crippen LogP contribution in [-0.4, -0.2) is 28.8 Å². The number of anilines is 2. The van der Waals surface area contributed by atoms with Crippen molar-refractivity contribution in [2.45, 2.75) is 13.0 Å². The molecular weight excluding hydrogens is 244 g/mol. The molecule has 98 valence electrons. The van der Waals surface area contributed by atoms with Gasteiger partial charge in [-0.05, 0) is 19.1 Å². The van der Waals surface area contributed by atoms with E-state index in [2.05, 4.69) is 20.8 Å². The van der Waals surface area contributed by atoms with Crippen molar-refractivity contribution in [3.05, 3.63) is 36.0 Å². The van der Waals surface area contributed by atoms with Gasteiger partial charge < -0.3 is 15.4 Å². The Morgan fingerprint density at radius 1 is 1.47 bits per heavy atom. The second-order valence-corrected chi connectivity index (χ2v) is 4.41. The van der Waals surface area contributed by atoms with Gasteiger partial charge in [-0.15, -0.1) is 0 Å². The van der Waals surface area contributed by atoms with Gasteiger partial charge in [0, 0.05) is 11.8 Å². The lowest BCUT2D eigenvalue weighted by Gasteiger charge is -2.26. The van der Waals surface area contributed by atoms with Gasteiger partial charge in [0.2, 0.25) is 0 Å². The molecule has 2 heterocycles. The molecule has 1 amide bonds. The van der Waals surface area contributed by atoms with E-state index in [1.165, 1.54) is 0 Å². The number of hydrogen-bond acceptors (Lipinski definition) is 4. The Balaban J connectivity index is 1.69. The number of aromatic nitrogens is 2. The fourth-order valence-corrected chi connectivity index (χ4v) is 1.95. The molecule has 0 fully saturated rings. The van der Waals surface area contributed by atoms with Crippen LogP contribution in [-0.2, 0) is 4.79 Å². The Hall–Kier alpha value is -2.50. The largest absolute Gasteiger partial charge is 0.477 e. The summed E-state index contributed by atoms with van der Waals surface area (Å²) in [5.74, 6) is 0.977. The summed E-state index contributed by atoms with van der Waals surface area (Å²) in [6, 6.07) is 9.31. The molecule has 3 N–H and O–H groups in total. The number of benzene rings is 1. The van der Waals surface area contributed by atoms with Gasteiger partial charge in [0.05, 0.1) is 12.2 Å². The van der Waals surface area contributed by atoms with E-state index in [4.69, 9.17) is 4.74 Å². The zero-order valence-corrected chi connectivity index (χ0v) is 10.4. The van der Waals surface area contributed by atoms with Crippen LogP contribution in [0.2, 0.25) is 0 Å². The smallest absolute Gasteiger partial charge is 0.268 e. The van der Waals surface area contributed by atoms with Crippen molar-refractivity contribution in [1.82, 2.24) is 10.2 Å². The lowest BCUT2D eigenvalue weighted by atomic mass is 10.2. The van der Waals surface area contributed by atoms with E-state index in [1.54, 1.807) is 6.07 Å². The minimum atomic E-state index is -0.563. The van der Waals surface area contributed by atoms with Crippen molar-refractivity contribution in [2.75, 3.05) is 17.2 Å². The van der Waals surface area contributed by atoms with Crippen molar-refractivity contribution in [3.63, 3.8) is 0 Å². The van der Waals surface area contributed by atoms with Gasteiger partial charge in [-0.1, -0.05) is 12.1 Å². The van der Waals surface area contributed by atoms with Crippen molar-refractivity contribution >= 4 is 17.4 Å². The fraction of sp³-hybridized carbons (Fsp3) is 0.231. The number of amides is 1. The van der Waals surface area contributed by atoms with Crippen LogP contribution in [0.1, 0.15) is 5.69 Å². The third-order valence-electron chi connectivity index (χ3n) is 2.88. The molecule has 1 unspecified atom stereocenters. The number of ether oxygens (including phenoxy) is 1. The quantitative estimate of drug-likeness (QED) is 0.763. The number of H-pyrrole nitrogens is 1. The second kappa shape index (κ2) is 4.64. The Labute approximate surface area is 110 Å². The average molecular weight is 258 g/mol. The maximum Gasteiger partial charge on any atom is 0.268 e. The summed E-state index contributed by atoms with van der Waals surface area (Å²) in [6.07, 6.45) is -0.563. The molecule has 1 aliphatic heterocycles. The first-order valence-corrected chi connectivity index (χ1v) is 6.05. The molecule has 1 aromatic carbocycles. The topological polar surface area (TPSA) is 79.0 Å². The summed E-state index contributed by atoms with van der Waals surface area (Å²) in [5, 5.41) is 12.6. The minimum absolute atomic E-state index is 0.214. The first-order valence-electron chi connectivity index (χ1n) is 6.05. The summed E-state index contributed by atoms with van der Waals surface area (Å²) in [7, 11) is 0. The molecule has 19 heavy (non-hydrogen) atoms. The maximum atomic E-state index is 12.1. The van der Waals surface area contributed by atoms with Gasteiger partial charge in [0.15, 0.2) is 11.9 Å². The van der Waals surface area contributed by atoms with E-state index in [0.29, 0.717) is 18.1 Å². The Morgan fingerprint density at radius 3 is 3.11 bits per heavy atom. The lowest BCUT2D eigenvalue weighted by Crippen LogP contribution is -2.41. The molecule has 1 aromatic heterocycles. The summed E-state index contributed by atoms with van der Waals surface area (Å²) >= 11 is 0. The van der Waals surface area contributed by atoms with Crippen molar-refractivity contribution < 1.29 is 9.53 Å². The summed E-state index contributed by atoms with van der Waals surface area (Å²) in [5.41, 5.74) is 1.80. The number of para-hydroxylation sites is 2. The van der Waals surface area contributed by atoms with E-state index >= 15 is 0 Å². The molecule has 0 saturated carbocycles. The Morgan fingerprint density at radius 2 is 2.32 bits per heavy atom.